The van der Waals surface area contributed by atoms with Crippen LogP contribution in [0.15, 0.2) is 54.2 Å². The summed E-state index contributed by atoms with van der Waals surface area (Å²) in [5.74, 6) is -0.0303. The summed E-state index contributed by atoms with van der Waals surface area (Å²) in [6.07, 6.45) is -1.69. The lowest BCUT2D eigenvalue weighted by atomic mass is 9.90. The highest BCUT2D eigenvalue weighted by molar-refractivity contribution is 6.03. The summed E-state index contributed by atoms with van der Waals surface area (Å²) in [6, 6.07) is 13.3. The molecule has 0 spiro atoms. The van der Waals surface area contributed by atoms with Gasteiger partial charge >= 0.3 is 5.97 Å². The average Bonchev–Trinajstić information content (AvgIpc) is 2.73. The number of methoxy groups -OCH3 is 1. The van der Waals surface area contributed by atoms with E-state index >= 15 is 0 Å². The van der Waals surface area contributed by atoms with Gasteiger partial charge in [0.25, 0.3) is 5.70 Å². The molecule has 0 amide bonds. The van der Waals surface area contributed by atoms with Gasteiger partial charge in [0, 0.05) is 23.1 Å². The SMILES string of the molecule is CCOC(=O)C[C@@H]1Oc2ccccc2C(CC(=O)c2cccc(OC)c2)=C1[N+](=O)[O-]. The molecule has 1 aliphatic rings. The van der Waals surface area contributed by atoms with Crippen molar-refractivity contribution in [1.29, 1.82) is 0 Å². The zero-order chi connectivity index (χ0) is 21.7. The zero-order valence-electron chi connectivity index (χ0n) is 16.6. The van der Waals surface area contributed by atoms with Crippen molar-refractivity contribution in [3.8, 4) is 11.5 Å². The summed E-state index contributed by atoms with van der Waals surface area (Å²) in [4.78, 5) is 36.3. The van der Waals surface area contributed by atoms with Crippen LogP contribution >= 0.6 is 0 Å². The Hall–Kier alpha value is -3.68. The second-order valence-electron chi connectivity index (χ2n) is 6.56. The second-order valence-corrected chi connectivity index (χ2v) is 6.56. The summed E-state index contributed by atoms with van der Waals surface area (Å²) in [7, 11) is 1.49. The van der Waals surface area contributed by atoms with Gasteiger partial charge in [0.05, 0.1) is 25.1 Å². The molecular weight excluding hydrogens is 390 g/mol. The molecule has 2 aromatic carbocycles. The molecule has 1 heterocycles. The number of para-hydroxylation sites is 1. The average molecular weight is 411 g/mol. The molecule has 0 saturated carbocycles. The molecule has 0 bridgehead atoms. The quantitative estimate of drug-likeness (QED) is 0.282. The van der Waals surface area contributed by atoms with Crippen molar-refractivity contribution in [1.82, 2.24) is 0 Å². The first-order valence-corrected chi connectivity index (χ1v) is 9.41. The molecule has 0 aliphatic carbocycles. The number of carbonyl (C=O) groups is 2. The molecule has 0 unspecified atom stereocenters. The maximum absolute atomic E-state index is 12.9. The minimum absolute atomic E-state index is 0.154. The van der Waals surface area contributed by atoms with E-state index in [-0.39, 0.29) is 36.5 Å². The number of allylic oxidation sites excluding steroid dienone is 1. The number of hydrogen-bond donors (Lipinski definition) is 0. The number of nitro groups is 1. The monoisotopic (exact) mass is 411 g/mol. The van der Waals surface area contributed by atoms with Crippen LogP contribution in [0, 0.1) is 10.1 Å². The molecule has 1 atom stereocenters. The number of Topliss-reactive ketones (excluding diaryl/α,β-unsaturated/α-hetero) is 1. The Morgan fingerprint density at radius 3 is 2.63 bits per heavy atom. The van der Waals surface area contributed by atoms with E-state index in [1.165, 1.54) is 7.11 Å². The smallest absolute Gasteiger partial charge is 0.310 e. The lowest BCUT2D eigenvalue weighted by molar-refractivity contribution is -0.434. The van der Waals surface area contributed by atoms with E-state index in [1.807, 2.05) is 0 Å². The van der Waals surface area contributed by atoms with Gasteiger partial charge in [-0.2, -0.15) is 0 Å². The lowest BCUT2D eigenvalue weighted by Crippen LogP contribution is -2.32. The number of carbonyl (C=O) groups excluding carboxylic acids is 2. The molecule has 0 aromatic heterocycles. The zero-order valence-corrected chi connectivity index (χ0v) is 16.6. The van der Waals surface area contributed by atoms with Crippen molar-refractivity contribution in [2.75, 3.05) is 13.7 Å². The fraction of sp³-hybridized carbons (Fsp3) is 0.273. The van der Waals surface area contributed by atoms with Gasteiger partial charge in [0.2, 0.25) is 0 Å². The number of nitrogens with zero attached hydrogens (tertiary/aromatic N) is 1. The van der Waals surface area contributed by atoms with E-state index in [1.54, 1.807) is 55.5 Å². The first-order chi connectivity index (χ1) is 14.4. The third kappa shape index (κ3) is 4.48. The fourth-order valence-corrected chi connectivity index (χ4v) is 3.34. The highest BCUT2D eigenvalue weighted by Crippen LogP contribution is 2.39. The molecule has 156 valence electrons. The van der Waals surface area contributed by atoms with Crippen molar-refractivity contribution in [2.24, 2.45) is 0 Å². The van der Waals surface area contributed by atoms with Crippen molar-refractivity contribution in [3.05, 3.63) is 75.5 Å². The largest absolute Gasteiger partial charge is 0.497 e. The van der Waals surface area contributed by atoms with Crippen molar-refractivity contribution < 1.29 is 28.7 Å². The Bertz CT molecular complexity index is 1010. The predicted octanol–water partition coefficient (Wildman–Crippen LogP) is 3.67. The molecular formula is C22H21NO7. The van der Waals surface area contributed by atoms with Crippen molar-refractivity contribution in [2.45, 2.75) is 25.9 Å². The number of esters is 1. The van der Waals surface area contributed by atoms with E-state index in [0.29, 0.717) is 22.6 Å². The molecule has 0 saturated heterocycles. The topological polar surface area (TPSA) is 105 Å². The van der Waals surface area contributed by atoms with E-state index in [9.17, 15) is 19.7 Å². The number of fused-ring (bicyclic) bond motifs is 1. The third-order valence-electron chi connectivity index (χ3n) is 4.68. The summed E-state index contributed by atoms with van der Waals surface area (Å²) in [5, 5.41) is 11.9. The lowest BCUT2D eigenvalue weighted by Gasteiger charge is -2.25. The van der Waals surface area contributed by atoms with Crippen LogP contribution in [0.2, 0.25) is 0 Å². The van der Waals surface area contributed by atoms with E-state index in [4.69, 9.17) is 14.2 Å². The first-order valence-electron chi connectivity index (χ1n) is 9.41. The third-order valence-corrected chi connectivity index (χ3v) is 4.68. The van der Waals surface area contributed by atoms with Crippen LogP contribution in [-0.2, 0) is 9.53 Å². The van der Waals surface area contributed by atoms with Crippen LogP contribution in [0.1, 0.15) is 35.7 Å². The van der Waals surface area contributed by atoms with E-state index in [2.05, 4.69) is 0 Å². The highest BCUT2D eigenvalue weighted by atomic mass is 16.6. The van der Waals surface area contributed by atoms with Crippen LogP contribution in [-0.4, -0.2) is 36.5 Å². The molecule has 8 nitrogen and oxygen atoms in total. The summed E-state index contributed by atoms with van der Waals surface area (Å²) in [5.41, 5.74) is 0.748. The van der Waals surface area contributed by atoms with Crippen LogP contribution in [0.5, 0.6) is 11.5 Å². The predicted molar refractivity (Wildman–Crippen MR) is 108 cm³/mol. The Kier molecular flexibility index (Phi) is 6.46. The Morgan fingerprint density at radius 2 is 1.93 bits per heavy atom. The fourth-order valence-electron chi connectivity index (χ4n) is 3.34. The van der Waals surface area contributed by atoms with Crippen LogP contribution in [0.4, 0.5) is 0 Å². The van der Waals surface area contributed by atoms with Gasteiger partial charge in [-0.1, -0.05) is 30.3 Å². The molecule has 2 aromatic rings. The van der Waals surface area contributed by atoms with Crippen molar-refractivity contribution in [3.63, 3.8) is 0 Å². The normalized spacial score (nSPS) is 15.1. The summed E-state index contributed by atoms with van der Waals surface area (Å²) in [6.45, 7) is 1.80. The first kappa shape index (κ1) is 21.0. The van der Waals surface area contributed by atoms with Gasteiger partial charge in [0.15, 0.2) is 11.9 Å². The molecule has 8 heteroatoms. The second kappa shape index (κ2) is 9.21. The Balaban J connectivity index is 2.03. The Morgan fingerprint density at radius 1 is 1.17 bits per heavy atom. The number of ether oxygens (including phenoxy) is 3. The molecule has 0 fully saturated rings. The van der Waals surface area contributed by atoms with Gasteiger partial charge in [0.1, 0.15) is 11.5 Å². The van der Waals surface area contributed by atoms with Gasteiger partial charge in [-0.15, -0.1) is 0 Å². The maximum Gasteiger partial charge on any atom is 0.310 e. The van der Waals surface area contributed by atoms with Gasteiger partial charge < -0.3 is 14.2 Å². The molecule has 0 radical (unpaired) electrons. The number of ketones is 1. The van der Waals surface area contributed by atoms with Crippen LogP contribution in [0.25, 0.3) is 5.57 Å². The van der Waals surface area contributed by atoms with Gasteiger partial charge in [-0.05, 0) is 25.1 Å². The molecule has 1 aliphatic heterocycles. The highest BCUT2D eigenvalue weighted by Gasteiger charge is 2.39. The van der Waals surface area contributed by atoms with E-state index in [0.717, 1.165) is 0 Å². The minimum atomic E-state index is -1.15. The number of rotatable bonds is 8. The van der Waals surface area contributed by atoms with E-state index < -0.39 is 17.0 Å². The maximum atomic E-state index is 12.9. The number of hydrogen-bond acceptors (Lipinski definition) is 7. The van der Waals surface area contributed by atoms with Gasteiger partial charge in [-0.3, -0.25) is 19.7 Å². The number of benzene rings is 2. The molecule has 0 N–H and O–H groups in total. The van der Waals surface area contributed by atoms with Crippen LogP contribution in [0.3, 0.4) is 0 Å². The summed E-state index contributed by atoms with van der Waals surface area (Å²) < 4.78 is 15.8. The minimum Gasteiger partial charge on any atom is -0.497 e. The van der Waals surface area contributed by atoms with Crippen LogP contribution < -0.4 is 9.47 Å². The van der Waals surface area contributed by atoms with Crippen molar-refractivity contribution >= 4 is 17.3 Å². The molecule has 3 rings (SSSR count). The Labute approximate surface area is 173 Å². The molecule has 30 heavy (non-hydrogen) atoms. The standard InChI is InChI=1S/C22H21NO7/c1-3-29-21(25)13-20-22(23(26)27)17(16-9-4-5-10-19(16)30-20)12-18(24)14-7-6-8-15(11-14)28-2/h4-11,20H,3,12-13H2,1-2H3/t20-/m0/s1. The summed E-state index contributed by atoms with van der Waals surface area (Å²) >= 11 is 0. The van der Waals surface area contributed by atoms with Gasteiger partial charge in [-0.25, -0.2) is 0 Å².